The van der Waals surface area contributed by atoms with Gasteiger partial charge in [0.2, 0.25) is 0 Å². The van der Waals surface area contributed by atoms with Crippen molar-refractivity contribution in [2.24, 2.45) is 0 Å². The monoisotopic (exact) mass is 166 g/mol. The zero-order valence-corrected chi connectivity index (χ0v) is 6.86. The first-order chi connectivity index (χ1) is 5.84. The van der Waals surface area contributed by atoms with Gasteiger partial charge in [0.25, 0.3) is 0 Å². The molecule has 0 aromatic carbocycles. The molecule has 1 fully saturated rings. The highest BCUT2D eigenvalue weighted by Gasteiger charge is 2.19. The van der Waals surface area contributed by atoms with E-state index in [9.17, 15) is 0 Å². The first kappa shape index (κ1) is 7.49. The fourth-order valence-electron chi connectivity index (χ4n) is 0.916. The smallest absolute Gasteiger partial charge is 0.156 e. The largest absolute Gasteiger partial charge is 0.482 e. The Balaban J connectivity index is 1.98. The summed E-state index contributed by atoms with van der Waals surface area (Å²) in [6, 6.07) is 0. The summed E-state index contributed by atoms with van der Waals surface area (Å²) in [5, 5.41) is 0. The molecule has 0 unspecified atom stereocenters. The highest BCUT2D eigenvalue weighted by atomic mass is 16.6. The van der Waals surface area contributed by atoms with E-state index in [4.69, 9.17) is 9.47 Å². The predicted octanol–water partition coefficient (Wildman–Crippen LogP) is 0.563. The van der Waals surface area contributed by atoms with Gasteiger partial charge < -0.3 is 9.47 Å². The van der Waals surface area contributed by atoms with Crippen LogP contribution in [0, 0.1) is 6.92 Å². The van der Waals surface area contributed by atoms with Gasteiger partial charge in [0.1, 0.15) is 11.9 Å². The lowest BCUT2D eigenvalue weighted by atomic mass is 10.3. The molecule has 0 saturated carbocycles. The van der Waals surface area contributed by atoms with Gasteiger partial charge in [0.15, 0.2) is 5.75 Å². The second kappa shape index (κ2) is 3.06. The molecule has 12 heavy (non-hydrogen) atoms. The van der Waals surface area contributed by atoms with Crippen LogP contribution in [0.15, 0.2) is 12.4 Å². The number of hydrogen-bond acceptors (Lipinski definition) is 4. The average molecular weight is 166 g/mol. The van der Waals surface area contributed by atoms with Crippen LogP contribution >= 0.6 is 0 Å². The minimum absolute atomic E-state index is 0.191. The third-order valence-electron chi connectivity index (χ3n) is 1.67. The van der Waals surface area contributed by atoms with Crippen molar-refractivity contribution in [3.63, 3.8) is 0 Å². The van der Waals surface area contributed by atoms with Gasteiger partial charge in [-0.1, -0.05) is 0 Å². The highest BCUT2D eigenvalue weighted by Crippen LogP contribution is 2.12. The Kier molecular flexibility index (Phi) is 1.91. The van der Waals surface area contributed by atoms with Crippen molar-refractivity contribution in [2.75, 3.05) is 13.2 Å². The third kappa shape index (κ3) is 1.53. The molecule has 2 rings (SSSR count). The molecule has 64 valence electrons. The second-order valence-electron chi connectivity index (χ2n) is 2.74. The van der Waals surface area contributed by atoms with Crippen LogP contribution < -0.4 is 4.74 Å². The molecule has 1 aliphatic rings. The van der Waals surface area contributed by atoms with E-state index in [1.807, 2.05) is 6.92 Å². The Bertz CT molecular complexity index is 256. The fraction of sp³-hybridized carbons (Fsp3) is 0.500. The summed E-state index contributed by atoms with van der Waals surface area (Å²) in [6.45, 7) is 3.19. The first-order valence-electron chi connectivity index (χ1n) is 3.87. The van der Waals surface area contributed by atoms with Crippen molar-refractivity contribution < 1.29 is 9.47 Å². The van der Waals surface area contributed by atoms with Gasteiger partial charge in [-0.3, -0.25) is 0 Å². The Morgan fingerprint density at radius 1 is 1.42 bits per heavy atom. The molecule has 4 nitrogen and oxygen atoms in total. The number of aryl methyl sites for hydroxylation is 1. The van der Waals surface area contributed by atoms with E-state index in [1.54, 1.807) is 12.4 Å². The van der Waals surface area contributed by atoms with Crippen LogP contribution in [-0.4, -0.2) is 29.3 Å². The van der Waals surface area contributed by atoms with E-state index in [0.29, 0.717) is 19.0 Å². The standard InChI is InChI=1S/C8H10N2O2/c1-6-9-2-7(3-10-6)12-8-4-11-5-8/h2-3,8H,4-5H2,1H3. The highest BCUT2D eigenvalue weighted by molar-refractivity contribution is 5.12. The Morgan fingerprint density at radius 3 is 2.58 bits per heavy atom. The number of aromatic nitrogens is 2. The predicted molar refractivity (Wildman–Crippen MR) is 42.0 cm³/mol. The van der Waals surface area contributed by atoms with Crippen LogP contribution in [0.1, 0.15) is 5.82 Å². The van der Waals surface area contributed by atoms with E-state index in [0.717, 1.165) is 5.82 Å². The molecule has 0 atom stereocenters. The van der Waals surface area contributed by atoms with E-state index < -0.39 is 0 Å². The molecule has 1 aromatic rings. The summed E-state index contributed by atoms with van der Waals surface area (Å²) < 4.78 is 10.4. The lowest BCUT2D eigenvalue weighted by molar-refractivity contribution is -0.0799. The van der Waals surface area contributed by atoms with E-state index in [-0.39, 0.29) is 6.10 Å². The van der Waals surface area contributed by atoms with Crippen LogP contribution in [-0.2, 0) is 4.74 Å². The van der Waals surface area contributed by atoms with Crippen molar-refractivity contribution in [2.45, 2.75) is 13.0 Å². The third-order valence-corrected chi connectivity index (χ3v) is 1.67. The second-order valence-corrected chi connectivity index (χ2v) is 2.74. The number of nitrogens with zero attached hydrogens (tertiary/aromatic N) is 2. The maximum Gasteiger partial charge on any atom is 0.156 e. The molecule has 0 spiro atoms. The van der Waals surface area contributed by atoms with Gasteiger partial charge in [-0.05, 0) is 6.92 Å². The van der Waals surface area contributed by atoms with Gasteiger partial charge in [0, 0.05) is 0 Å². The Morgan fingerprint density at radius 2 is 2.08 bits per heavy atom. The summed E-state index contributed by atoms with van der Waals surface area (Å²) in [5.41, 5.74) is 0. The normalized spacial score (nSPS) is 17.1. The lowest BCUT2D eigenvalue weighted by Crippen LogP contribution is -2.38. The quantitative estimate of drug-likeness (QED) is 0.644. The molecule has 2 heterocycles. The number of ether oxygens (including phenoxy) is 2. The topological polar surface area (TPSA) is 44.2 Å². The van der Waals surface area contributed by atoms with E-state index in [2.05, 4.69) is 9.97 Å². The van der Waals surface area contributed by atoms with Crippen molar-refractivity contribution in [3.05, 3.63) is 18.2 Å². The molecule has 1 aromatic heterocycles. The van der Waals surface area contributed by atoms with Crippen molar-refractivity contribution >= 4 is 0 Å². The zero-order valence-electron chi connectivity index (χ0n) is 6.86. The average Bonchev–Trinajstić information content (AvgIpc) is 2.00. The zero-order chi connectivity index (χ0) is 8.39. The molecule has 0 bridgehead atoms. The molecule has 0 amide bonds. The van der Waals surface area contributed by atoms with Gasteiger partial charge in [-0.15, -0.1) is 0 Å². The van der Waals surface area contributed by atoms with Gasteiger partial charge in [-0.25, -0.2) is 9.97 Å². The van der Waals surface area contributed by atoms with Crippen LogP contribution in [0.25, 0.3) is 0 Å². The first-order valence-corrected chi connectivity index (χ1v) is 3.87. The minimum atomic E-state index is 0.191. The number of rotatable bonds is 2. The summed E-state index contributed by atoms with van der Waals surface area (Å²) in [6.07, 6.45) is 3.55. The lowest BCUT2D eigenvalue weighted by Gasteiger charge is -2.26. The van der Waals surface area contributed by atoms with E-state index in [1.165, 1.54) is 0 Å². The maximum atomic E-state index is 5.46. The molecule has 4 heteroatoms. The molecule has 1 aliphatic heterocycles. The van der Waals surface area contributed by atoms with E-state index >= 15 is 0 Å². The summed E-state index contributed by atoms with van der Waals surface area (Å²) in [7, 11) is 0. The fourth-order valence-corrected chi connectivity index (χ4v) is 0.916. The van der Waals surface area contributed by atoms with Crippen LogP contribution in [0.5, 0.6) is 5.75 Å². The minimum Gasteiger partial charge on any atom is -0.482 e. The molecule has 0 aliphatic carbocycles. The van der Waals surface area contributed by atoms with Gasteiger partial charge >= 0.3 is 0 Å². The van der Waals surface area contributed by atoms with Crippen LogP contribution in [0.2, 0.25) is 0 Å². The SMILES string of the molecule is Cc1ncc(OC2COC2)cn1. The van der Waals surface area contributed by atoms with Crippen molar-refractivity contribution in [1.29, 1.82) is 0 Å². The Hall–Kier alpha value is -1.16. The molecule has 0 radical (unpaired) electrons. The van der Waals surface area contributed by atoms with Gasteiger partial charge in [0.05, 0.1) is 25.6 Å². The Labute approximate surface area is 70.6 Å². The molecular formula is C8H10N2O2. The molecule has 0 N–H and O–H groups in total. The number of hydrogen-bond donors (Lipinski definition) is 0. The van der Waals surface area contributed by atoms with Crippen molar-refractivity contribution in [3.8, 4) is 5.75 Å². The molecular weight excluding hydrogens is 156 g/mol. The van der Waals surface area contributed by atoms with Crippen LogP contribution in [0.4, 0.5) is 0 Å². The summed E-state index contributed by atoms with van der Waals surface area (Å²) >= 11 is 0. The van der Waals surface area contributed by atoms with Crippen LogP contribution in [0.3, 0.4) is 0 Å². The summed E-state index contributed by atoms with van der Waals surface area (Å²) in [4.78, 5) is 8.03. The molecule has 1 saturated heterocycles. The van der Waals surface area contributed by atoms with Gasteiger partial charge in [-0.2, -0.15) is 0 Å². The van der Waals surface area contributed by atoms with Crippen molar-refractivity contribution in [1.82, 2.24) is 9.97 Å². The maximum absolute atomic E-state index is 5.46. The summed E-state index contributed by atoms with van der Waals surface area (Å²) in [5.74, 6) is 1.47.